The molecular weight excluding hydrogens is 253 g/mol. The maximum Gasteiger partial charge on any atom is 0.123 e. The van der Waals surface area contributed by atoms with Crippen LogP contribution in [0.3, 0.4) is 0 Å². The molecule has 4 heteroatoms. The molecular formula is C16H22FN3. The van der Waals surface area contributed by atoms with Crippen molar-refractivity contribution in [2.24, 2.45) is 11.7 Å². The van der Waals surface area contributed by atoms with Crippen LogP contribution >= 0.6 is 0 Å². The van der Waals surface area contributed by atoms with Crippen LogP contribution in [0.2, 0.25) is 0 Å². The maximum atomic E-state index is 12.9. The molecule has 0 aliphatic rings. The van der Waals surface area contributed by atoms with E-state index >= 15 is 0 Å². The molecule has 2 unspecified atom stereocenters. The second-order valence-corrected chi connectivity index (χ2v) is 5.68. The Kier molecular flexibility index (Phi) is 4.55. The minimum Gasteiger partial charge on any atom is -0.330 e. The molecule has 0 fully saturated rings. The first kappa shape index (κ1) is 14.7. The van der Waals surface area contributed by atoms with Crippen LogP contribution in [0.15, 0.2) is 36.8 Å². The molecule has 2 rings (SSSR count). The normalized spacial score (nSPS) is 14.5. The topological polar surface area (TPSA) is 43.8 Å². The SMILES string of the molecule is CC(C)C(N)c1cncn1C(C)Cc1ccc(F)cc1. The summed E-state index contributed by atoms with van der Waals surface area (Å²) >= 11 is 0. The summed E-state index contributed by atoms with van der Waals surface area (Å²) in [4.78, 5) is 4.23. The van der Waals surface area contributed by atoms with Gasteiger partial charge >= 0.3 is 0 Å². The first-order chi connectivity index (χ1) is 9.49. The van der Waals surface area contributed by atoms with Crippen molar-refractivity contribution in [3.05, 3.63) is 53.9 Å². The zero-order valence-corrected chi connectivity index (χ0v) is 12.3. The fraction of sp³-hybridized carbons (Fsp3) is 0.438. The van der Waals surface area contributed by atoms with Crippen molar-refractivity contribution in [2.45, 2.75) is 39.3 Å². The lowest BCUT2D eigenvalue weighted by Crippen LogP contribution is -2.22. The van der Waals surface area contributed by atoms with Gasteiger partial charge in [0, 0.05) is 18.3 Å². The van der Waals surface area contributed by atoms with Crippen LogP contribution in [0, 0.1) is 11.7 Å². The Bertz CT molecular complexity index is 545. The summed E-state index contributed by atoms with van der Waals surface area (Å²) in [6, 6.07) is 6.86. The number of halogens is 1. The summed E-state index contributed by atoms with van der Waals surface area (Å²) in [6.45, 7) is 6.33. The molecule has 0 spiro atoms. The summed E-state index contributed by atoms with van der Waals surface area (Å²) in [5.74, 6) is 0.162. The first-order valence-corrected chi connectivity index (χ1v) is 7.00. The Balaban J connectivity index is 2.15. The van der Waals surface area contributed by atoms with Gasteiger partial charge in [-0.3, -0.25) is 0 Å². The Hall–Kier alpha value is -1.68. The van der Waals surface area contributed by atoms with E-state index in [1.807, 2.05) is 24.7 Å². The van der Waals surface area contributed by atoms with E-state index in [2.05, 4.69) is 30.3 Å². The molecule has 0 radical (unpaired) electrons. The Morgan fingerprint density at radius 3 is 2.45 bits per heavy atom. The minimum absolute atomic E-state index is 0.0202. The molecule has 108 valence electrons. The molecule has 0 aliphatic carbocycles. The van der Waals surface area contributed by atoms with Gasteiger partial charge in [0.25, 0.3) is 0 Å². The highest BCUT2D eigenvalue weighted by Crippen LogP contribution is 2.23. The molecule has 1 aromatic carbocycles. The van der Waals surface area contributed by atoms with Crippen molar-refractivity contribution in [1.82, 2.24) is 9.55 Å². The van der Waals surface area contributed by atoms with Gasteiger partial charge in [-0.15, -0.1) is 0 Å². The van der Waals surface area contributed by atoms with Gasteiger partial charge in [-0.2, -0.15) is 0 Å². The number of nitrogens with zero attached hydrogens (tertiary/aromatic N) is 2. The van der Waals surface area contributed by atoms with Gasteiger partial charge in [0.1, 0.15) is 5.82 Å². The molecule has 1 aromatic heterocycles. The number of hydrogen-bond acceptors (Lipinski definition) is 2. The second kappa shape index (κ2) is 6.18. The van der Waals surface area contributed by atoms with Crippen molar-refractivity contribution in [3.63, 3.8) is 0 Å². The zero-order valence-electron chi connectivity index (χ0n) is 12.3. The van der Waals surface area contributed by atoms with E-state index in [0.717, 1.165) is 17.7 Å². The Labute approximate surface area is 119 Å². The van der Waals surface area contributed by atoms with E-state index in [1.165, 1.54) is 12.1 Å². The van der Waals surface area contributed by atoms with E-state index in [9.17, 15) is 4.39 Å². The van der Waals surface area contributed by atoms with Crippen LogP contribution in [0.25, 0.3) is 0 Å². The lowest BCUT2D eigenvalue weighted by atomic mass is 10.0. The number of aromatic nitrogens is 2. The third kappa shape index (κ3) is 3.25. The van der Waals surface area contributed by atoms with Crippen LogP contribution in [0.4, 0.5) is 4.39 Å². The van der Waals surface area contributed by atoms with Crippen LogP contribution in [-0.4, -0.2) is 9.55 Å². The summed E-state index contributed by atoms with van der Waals surface area (Å²) in [5.41, 5.74) is 8.38. The third-order valence-electron chi connectivity index (χ3n) is 3.68. The number of rotatable bonds is 5. The van der Waals surface area contributed by atoms with E-state index in [0.29, 0.717) is 5.92 Å². The highest BCUT2D eigenvalue weighted by Gasteiger charge is 2.18. The lowest BCUT2D eigenvalue weighted by molar-refractivity contribution is 0.446. The first-order valence-electron chi connectivity index (χ1n) is 7.00. The summed E-state index contributed by atoms with van der Waals surface area (Å²) in [5, 5.41) is 0. The third-order valence-corrected chi connectivity index (χ3v) is 3.68. The van der Waals surface area contributed by atoms with Crippen molar-refractivity contribution in [1.29, 1.82) is 0 Å². The molecule has 1 heterocycles. The number of benzene rings is 1. The molecule has 20 heavy (non-hydrogen) atoms. The van der Waals surface area contributed by atoms with E-state index in [-0.39, 0.29) is 17.9 Å². The van der Waals surface area contributed by atoms with Crippen molar-refractivity contribution >= 4 is 0 Å². The van der Waals surface area contributed by atoms with Crippen molar-refractivity contribution in [3.8, 4) is 0 Å². The van der Waals surface area contributed by atoms with E-state index in [1.54, 1.807) is 0 Å². The molecule has 0 bridgehead atoms. The molecule has 0 amide bonds. The van der Waals surface area contributed by atoms with Crippen molar-refractivity contribution in [2.75, 3.05) is 0 Å². The number of imidazole rings is 1. The lowest BCUT2D eigenvalue weighted by Gasteiger charge is -2.22. The van der Waals surface area contributed by atoms with Gasteiger partial charge in [0.05, 0.1) is 12.0 Å². The standard InChI is InChI=1S/C16H22FN3/c1-11(2)16(18)15-9-19-10-20(15)12(3)8-13-4-6-14(17)7-5-13/h4-7,9-12,16H,8,18H2,1-3H3. The molecule has 0 saturated heterocycles. The number of hydrogen-bond donors (Lipinski definition) is 1. The molecule has 3 nitrogen and oxygen atoms in total. The summed E-state index contributed by atoms with van der Waals surface area (Å²) < 4.78 is 15.0. The quantitative estimate of drug-likeness (QED) is 0.908. The maximum absolute atomic E-state index is 12.9. The van der Waals surface area contributed by atoms with E-state index in [4.69, 9.17) is 5.73 Å². The van der Waals surface area contributed by atoms with Crippen LogP contribution in [0.1, 0.15) is 44.1 Å². The monoisotopic (exact) mass is 275 g/mol. The van der Waals surface area contributed by atoms with Gasteiger partial charge in [-0.05, 0) is 37.0 Å². The van der Waals surface area contributed by atoms with Gasteiger partial charge in [0.2, 0.25) is 0 Å². The van der Waals surface area contributed by atoms with Crippen LogP contribution < -0.4 is 5.73 Å². The minimum atomic E-state index is -0.202. The summed E-state index contributed by atoms with van der Waals surface area (Å²) in [7, 11) is 0. The van der Waals surface area contributed by atoms with Gasteiger partial charge in [-0.1, -0.05) is 26.0 Å². The zero-order chi connectivity index (χ0) is 14.7. The average Bonchev–Trinajstić information content (AvgIpc) is 2.89. The van der Waals surface area contributed by atoms with E-state index < -0.39 is 0 Å². The fourth-order valence-corrected chi connectivity index (χ4v) is 2.34. The molecule has 2 atom stereocenters. The van der Waals surface area contributed by atoms with Crippen molar-refractivity contribution < 1.29 is 4.39 Å². The highest BCUT2D eigenvalue weighted by molar-refractivity contribution is 5.17. The van der Waals surface area contributed by atoms with Gasteiger partial charge in [-0.25, -0.2) is 9.37 Å². The summed E-state index contributed by atoms with van der Waals surface area (Å²) in [6.07, 6.45) is 4.49. The van der Waals surface area contributed by atoms with Gasteiger partial charge in [0.15, 0.2) is 0 Å². The Morgan fingerprint density at radius 2 is 1.85 bits per heavy atom. The largest absolute Gasteiger partial charge is 0.330 e. The predicted octanol–water partition coefficient (Wildman–Crippen LogP) is 3.48. The smallest absolute Gasteiger partial charge is 0.123 e. The molecule has 2 N–H and O–H groups in total. The molecule has 2 aromatic rings. The Morgan fingerprint density at radius 1 is 1.20 bits per heavy atom. The second-order valence-electron chi connectivity index (χ2n) is 5.68. The predicted molar refractivity (Wildman–Crippen MR) is 78.8 cm³/mol. The fourth-order valence-electron chi connectivity index (χ4n) is 2.34. The van der Waals surface area contributed by atoms with Crippen LogP contribution in [-0.2, 0) is 6.42 Å². The molecule has 0 saturated carbocycles. The van der Waals surface area contributed by atoms with Crippen LogP contribution in [0.5, 0.6) is 0 Å². The average molecular weight is 275 g/mol. The molecule has 0 aliphatic heterocycles. The highest BCUT2D eigenvalue weighted by atomic mass is 19.1. The van der Waals surface area contributed by atoms with Gasteiger partial charge < -0.3 is 10.3 Å². The number of nitrogens with two attached hydrogens (primary N) is 1.